The molecule has 1 aromatic carbocycles. The summed E-state index contributed by atoms with van der Waals surface area (Å²) in [5, 5.41) is 4.21. The quantitative estimate of drug-likeness (QED) is 0.314. The Morgan fingerprint density at radius 3 is 3.00 bits per heavy atom. The van der Waals surface area contributed by atoms with Crippen LogP contribution in [0.5, 0.6) is 0 Å². The molecule has 0 aliphatic rings. The summed E-state index contributed by atoms with van der Waals surface area (Å²) in [5.74, 6) is 0. The van der Waals surface area contributed by atoms with E-state index in [-0.39, 0.29) is 0 Å². The van der Waals surface area contributed by atoms with Gasteiger partial charge in [0.1, 0.15) is 0 Å². The number of azide groups is 1. The summed E-state index contributed by atoms with van der Waals surface area (Å²) in [5.41, 5.74) is 10.2. The summed E-state index contributed by atoms with van der Waals surface area (Å²) in [4.78, 5) is 2.68. The van der Waals surface area contributed by atoms with Crippen molar-refractivity contribution in [3.8, 4) is 0 Å². The molecule has 0 fully saturated rings. The molecule has 0 amide bonds. The van der Waals surface area contributed by atoms with E-state index in [4.69, 9.17) is 17.1 Å². The molecule has 0 aliphatic heterocycles. The summed E-state index contributed by atoms with van der Waals surface area (Å²) in [7, 11) is 0. The Balaban J connectivity index is 2.56. The molecule has 4 heteroatoms. The minimum absolute atomic E-state index is 0.493. The number of aryl methyl sites for hydroxylation is 1. The fourth-order valence-corrected chi connectivity index (χ4v) is 1.30. The van der Waals surface area contributed by atoms with Gasteiger partial charge in [0.25, 0.3) is 0 Å². The van der Waals surface area contributed by atoms with Crippen LogP contribution in [0, 0.1) is 6.92 Å². The SMILES string of the molecule is Cc1ccc(C=CCCN=[N+]=[N-])cc1Cl. The highest BCUT2D eigenvalue weighted by Crippen LogP contribution is 2.17. The van der Waals surface area contributed by atoms with E-state index in [2.05, 4.69) is 10.0 Å². The van der Waals surface area contributed by atoms with Crippen molar-refractivity contribution in [2.45, 2.75) is 13.3 Å². The van der Waals surface area contributed by atoms with E-state index in [9.17, 15) is 0 Å². The lowest BCUT2D eigenvalue weighted by molar-refractivity contribution is 0.996. The summed E-state index contributed by atoms with van der Waals surface area (Å²) in [6, 6.07) is 5.90. The molecule has 0 N–H and O–H groups in total. The van der Waals surface area contributed by atoms with Gasteiger partial charge in [0.05, 0.1) is 0 Å². The number of benzene rings is 1. The van der Waals surface area contributed by atoms with Crippen LogP contribution < -0.4 is 0 Å². The molecule has 0 atom stereocenters. The highest BCUT2D eigenvalue weighted by molar-refractivity contribution is 6.31. The summed E-state index contributed by atoms with van der Waals surface area (Å²) in [6.45, 7) is 2.46. The molecule has 0 saturated carbocycles. The Morgan fingerprint density at radius 2 is 2.33 bits per heavy atom. The second-order valence-corrected chi connectivity index (χ2v) is 3.56. The van der Waals surface area contributed by atoms with Crippen molar-refractivity contribution in [2.24, 2.45) is 5.11 Å². The van der Waals surface area contributed by atoms with E-state index in [1.165, 1.54) is 0 Å². The Morgan fingerprint density at radius 1 is 1.53 bits per heavy atom. The molecule has 0 aliphatic carbocycles. The first-order valence-electron chi connectivity index (χ1n) is 4.67. The van der Waals surface area contributed by atoms with Crippen molar-refractivity contribution >= 4 is 17.7 Å². The van der Waals surface area contributed by atoms with E-state index in [0.717, 1.165) is 22.6 Å². The summed E-state index contributed by atoms with van der Waals surface area (Å²) in [6.07, 6.45) is 4.68. The first-order chi connectivity index (χ1) is 7.24. The maximum Gasteiger partial charge on any atom is 0.0441 e. The minimum atomic E-state index is 0.493. The molecule has 0 unspecified atom stereocenters. The van der Waals surface area contributed by atoms with Crippen molar-refractivity contribution < 1.29 is 0 Å². The Kier molecular flexibility index (Phi) is 4.75. The molecule has 1 rings (SSSR count). The van der Waals surface area contributed by atoms with Gasteiger partial charge >= 0.3 is 0 Å². The zero-order valence-corrected chi connectivity index (χ0v) is 9.28. The van der Waals surface area contributed by atoms with Crippen molar-refractivity contribution in [3.63, 3.8) is 0 Å². The molecule has 15 heavy (non-hydrogen) atoms. The number of hydrogen-bond donors (Lipinski definition) is 0. The van der Waals surface area contributed by atoms with E-state index in [0.29, 0.717) is 6.54 Å². The third-order valence-corrected chi connectivity index (χ3v) is 2.37. The molecule has 0 aromatic heterocycles. The van der Waals surface area contributed by atoms with Gasteiger partial charge < -0.3 is 0 Å². The second kappa shape index (κ2) is 6.12. The molecular weight excluding hydrogens is 210 g/mol. The third-order valence-electron chi connectivity index (χ3n) is 1.97. The van der Waals surface area contributed by atoms with Gasteiger partial charge in [-0.3, -0.25) is 0 Å². The summed E-state index contributed by atoms with van der Waals surface area (Å²) >= 11 is 5.98. The molecule has 0 radical (unpaired) electrons. The van der Waals surface area contributed by atoms with Crippen molar-refractivity contribution in [2.75, 3.05) is 6.54 Å². The van der Waals surface area contributed by atoms with Gasteiger partial charge in [-0.2, -0.15) is 0 Å². The molecule has 1 aromatic rings. The largest absolute Gasteiger partial charge is 0.0937 e. The molecular formula is C11H12ClN3. The number of halogens is 1. The zero-order chi connectivity index (χ0) is 11.1. The van der Waals surface area contributed by atoms with Gasteiger partial charge in [-0.1, -0.05) is 41.0 Å². The van der Waals surface area contributed by atoms with E-state index in [1.807, 2.05) is 37.3 Å². The Labute approximate surface area is 94.0 Å². The van der Waals surface area contributed by atoms with Crippen LogP contribution in [0.3, 0.4) is 0 Å². The zero-order valence-electron chi connectivity index (χ0n) is 8.52. The van der Waals surface area contributed by atoms with E-state index < -0.39 is 0 Å². The van der Waals surface area contributed by atoms with Crippen LogP contribution in [0.1, 0.15) is 17.5 Å². The van der Waals surface area contributed by atoms with E-state index in [1.54, 1.807) is 0 Å². The monoisotopic (exact) mass is 221 g/mol. The van der Waals surface area contributed by atoms with Gasteiger partial charge in [0, 0.05) is 16.5 Å². The predicted octanol–water partition coefficient (Wildman–Crippen LogP) is 4.36. The topological polar surface area (TPSA) is 48.8 Å². The van der Waals surface area contributed by atoms with Gasteiger partial charge in [-0.25, -0.2) is 0 Å². The molecule has 0 spiro atoms. The fourth-order valence-electron chi connectivity index (χ4n) is 1.11. The van der Waals surface area contributed by atoms with Gasteiger partial charge in [-0.05, 0) is 36.1 Å². The number of hydrogen-bond acceptors (Lipinski definition) is 1. The van der Waals surface area contributed by atoms with Crippen LogP contribution in [0.2, 0.25) is 5.02 Å². The maximum absolute atomic E-state index is 8.07. The smallest absolute Gasteiger partial charge is 0.0441 e. The van der Waals surface area contributed by atoms with Crippen molar-refractivity contribution in [1.82, 2.24) is 0 Å². The van der Waals surface area contributed by atoms with Crippen LogP contribution in [0.4, 0.5) is 0 Å². The lowest BCUT2D eigenvalue weighted by Crippen LogP contribution is -1.78. The highest BCUT2D eigenvalue weighted by atomic mass is 35.5. The first-order valence-corrected chi connectivity index (χ1v) is 5.05. The lowest BCUT2D eigenvalue weighted by Gasteiger charge is -1.98. The first kappa shape index (κ1) is 11.6. The van der Waals surface area contributed by atoms with Gasteiger partial charge in [-0.15, -0.1) is 0 Å². The third kappa shape index (κ3) is 4.07. The van der Waals surface area contributed by atoms with Crippen LogP contribution in [0.25, 0.3) is 16.5 Å². The molecule has 0 bridgehead atoms. The van der Waals surface area contributed by atoms with Crippen molar-refractivity contribution in [1.29, 1.82) is 0 Å². The number of nitrogens with zero attached hydrogens (tertiary/aromatic N) is 3. The maximum atomic E-state index is 8.07. The average Bonchev–Trinajstić information content (AvgIpc) is 2.23. The second-order valence-electron chi connectivity index (χ2n) is 3.15. The predicted molar refractivity (Wildman–Crippen MR) is 63.9 cm³/mol. The van der Waals surface area contributed by atoms with Crippen LogP contribution in [0.15, 0.2) is 29.4 Å². The Hall–Kier alpha value is -1.44. The molecule has 3 nitrogen and oxygen atoms in total. The number of rotatable bonds is 4. The van der Waals surface area contributed by atoms with Crippen molar-refractivity contribution in [3.05, 3.63) is 50.9 Å². The van der Waals surface area contributed by atoms with Gasteiger partial charge in [0.15, 0.2) is 0 Å². The molecule has 78 valence electrons. The fraction of sp³-hybridized carbons (Fsp3) is 0.273. The van der Waals surface area contributed by atoms with Crippen LogP contribution >= 0.6 is 11.6 Å². The highest BCUT2D eigenvalue weighted by Gasteiger charge is 1.93. The van der Waals surface area contributed by atoms with Crippen LogP contribution in [-0.2, 0) is 0 Å². The van der Waals surface area contributed by atoms with E-state index >= 15 is 0 Å². The normalized spacial score (nSPS) is 10.3. The molecule has 0 saturated heterocycles. The lowest BCUT2D eigenvalue weighted by atomic mass is 10.1. The Bertz CT molecular complexity index is 406. The summed E-state index contributed by atoms with van der Waals surface area (Å²) < 4.78 is 0. The minimum Gasteiger partial charge on any atom is -0.0937 e. The molecule has 0 heterocycles. The van der Waals surface area contributed by atoms with Gasteiger partial charge in [0.2, 0.25) is 0 Å². The standard InChI is InChI=1S/C11H12ClN3/c1-9-5-6-10(8-11(9)12)4-2-3-7-14-15-13/h2,4-6,8H,3,7H2,1H3. The average molecular weight is 222 g/mol. The van der Waals surface area contributed by atoms with Crippen LogP contribution in [-0.4, -0.2) is 6.54 Å².